The predicted molar refractivity (Wildman–Crippen MR) is 123 cm³/mol. The molecule has 34 heavy (non-hydrogen) atoms. The van der Waals surface area contributed by atoms with Crippen molar-refractivity contribution in [3.05, 3.63) is 42.1 Å². The average Bonchev–Trinajstić information content (AvgIpc) is 3.36. The number of fused-ring (bicyclic) bond motifs is 1. The van der Waals surface area contributed by atoms with Crippen molar-refractivity contribution >= 4 is 21.7 Å². The van der Waals surface area contributed by atoms with Crippen LogP contribution in [-0.2, 0) is 26.1 Å². The third kappa shape index (κ3) is 4.68. The standard InChI is InChI=1S/C23H28N4O6S/c28-23(25-15-17-3-4-19-20(14-17)33-16-32-19)18-5-8-26(9-6-18)22-21(2-1-7-24-22)34(29,30)27-10-12-31-13-11-27/h1-4,7,14,18H,5-6,8-13,15-16H2,(H,25,28). The first-order chi connectivity index (χ1) is 16.5. The summed E-state index contributed by atoms with van der Waals surface area (Å²) in [5.74, 6) is 1.73. The first-order valence-corrected chi connectivity index (χ1v) is 12.9. The summed E-state index contributed by atoms with van der Waals surface area (Å²) in [4.78, 5) is 19.3. The molecule has 10 nitrogen and oxygen atoms in total. The Bertz CT molecular complexity index is 1140. The van der Waals surface area contributed by atoms with E-state index in [1.807, 2.05) is 23.1 Å². The number of carbonyl (C=O) groups excluding carboxylic acids is 1. The first kappa shape index (κ1) is 22.9. The molecule has 0 spiro atoms. The number of amides is 1. The summed E-state index contributed by atoms with van der Waals surface area (Å²) in [6.45, 7) is 3.20. The van der Waals surface area contributed by atoms with Gasteiger partial charge < -0.3 is 24.4 Å². The van der Waals surface area contributed by atoms with E-state index in [0.717, 1.165) is 5.56 Å². The Morgan fingerprint density at radius 1 is 1.06 bits per heavy atom. The van der Waals surface area contributed by atoms with Crippen LogP contribution in [0.1, 0.15) is 18.4 Å². The number of ether oxygens (including phenoxy) is 3. The molecule has 1 amide bonds. The molecule has 1 aromatic carbocycles. The number of carbonyl (C=O) groups is 1. The van der Waals surface area contributed by atoms with Gasteiger partial charge in [-0.3, -0.25) is 4.79 Å². The lowest BCUT2D eigenvalue weighted by molar-refractivity contribution is -0.125. The Hall–Kier alpha value is -2.89. The van der Waals surface area contributed by atoms with Crippen molar-refractivity contribution in [1.29, 1.82) is 0 Å². The topological polar surface area (TPSA) is 110 Å². The zero-order valence-electron chi connectivity index (χ0n) is 18.8. The summed E-state index contributed by atoms with van der Waals surface area (Å²) < 4.78 is 43.9. The van der Waals surface area contributed by atoms with Gasteiger partial charge in [0.05, 0.1) is 13.2 Å². The number of anilines is 1. The molecule has 0 saturated carbocycles. The van der Waals surface area contributed by atoms with Gasteiger partial charge in [0.15, 0.2) is 11.5 Å². The van der Waals surface area contributed by atoms with Crippen molar-refractivity contribution in [3.63, 3.8) is 0 Å². The van der Waals surface area contributed by atoms with E-state index in [2.05, 4.69) is 10.3 Å². The lowest BCUT2D eigenvalue weighted by Gasteiger charge is -2.34. The highest BCUT2D eigenvalue weighted by molar-refractivity contribution is 7.89. The van der Waals surface area contributed by atoms with Crippen LogP contribution in [0.25, 0.3) is 0 Å². The number of pyridine rings is 1. The Morgan fingerprint density at radius 2 is 1.82 bits per heavy atom. The Balaban J connectivity index is 1.20. The number of nitrogens with one attached hydrogen (secondary N) is 1. The van der Waals surface area contributed by atoms with E-state index < -0.39 is 10.0 Å². The van der Waals surface area contributed by atoms with Gasteiger partial charge in [-0.2, -0.15) is 4.31 Å². The smallest absolute Gasteiger partial charge is 0.246 e. The summed E-state index contributed by atoms with van der Waals surface area (Å²) >= 11 is 0. The van der Waals surface area contributed by atoms with Crippen LogP contribution in [0.3, 0.4) is 0 Å². The highest BCUT2D eigenvalue weighted by atomic mass is 32.2. The fraction of sp³-hybridized carbons (Fsp3) is 0.478. The monoisotopic (exact) mass is 488 g/mol. The van der Waals surface area contributed by atoms with Gasteiger partial charge in [0, 0.05) is 44.8 Å². The van der Waals surface area contributed by atoms with E-state index in [4.69, 9.17) is 14.2 Å². The van der Waals surface area contributed by atoms with E-state index >= 15 is 0 Å². The van der Waals surface area contributed by atoms with Gasteiger partial charge in [0.1, 0.15) is 10.7 Å². The molecule has 3 aliphatic rings. The molecule has 1 aromatic heterocycles. The second-order valence-electron chi connectivity index (χ2n) is 8.51. The number of morpholine rings is 1. The van der Waals surface area contributed by atoms with Crippen molar-refractivity contribution in [2.24, 2.45) is 5.92 Å². The van der Waals surface area contributed by atoms with E-state index in [0.29, 0.717) is 76.1 Å². The van der Waals surface area contributed by atoms with Crippen LogP contribution in [0.2, 0.25) is 0 Å². The Labute approximate surface area is 198 Å². The highest BCUT2D eigenvalue weighted by Crippen LogP contribution is 2.33. The minimum absolute atomic E-state index is 0.000463. The maximum atomic E-state index is 13.2. The van der Waals surface area contributed by atoms with Crippen LogP contribution in [0.4, 0.5) is 5.82 Å². The van der Waals surface area contributed by atoms with Crippen LogP contribution in [0.15, 0.2) is 41.4 Å². The van der Waals surface area contributed by atoms with Crippen LogP contribution in [0.5, 0.6) is 11.5 Å². The van der Waals surface area contributed by atoms with Crippen LogP contribution >= 0.6 is 0 Å². The quantitative estimate of drug-likeness (QED) is 0.649. The molecule has 182 valence electrons. The van der Waals surface area contributed by atoms with Crippen molar-refractivity contribution < 1.29 is 27.4 Å². The molecule has 2 aromatic rings. The van der Waals surface area contributed by atoms with Gasteiger partial charge in [-0.05, 0) is 42.7 Å². The lowest BCUT2D eigenvalue weighted by atomic mass is 9.96. The minimum atomic E-state index is -3.66. The van der Waals surface area contributed by atoms with Gasteiger partial charge in [-0.1, -0.05) is 6.07 Å². The molecular formula is C23H28N4O6S. The number of rotatable bonds is 6. The predicted octanol–water partition coefficient (Wildman–Crippen LogP) is 1.36. The minimum Gasteiger partial charge on any atom is -0.454 e. The maximum absolute atomic E-state index is 13.2. The molecule has 5 rings (SSSR count). The average molecular weight is 489 g/mol. The van der Waals surface area contributed by atoms with E-state index in [9.17, 15) is 13.2 Å². The van der Waals surface area contributed by atoms with Gasteiger partial charge >= 0.3 is 0 Å². The van der Waals surface area contributed by atoms with Crippen LogP contribution < -0.4 is 19.7 Å². The van der Waals surface area contributed by atoms with Crippen molar-refractivity contribution in [1.82, 2.24) is 14.6 Å². The third-order valence-electron chi connectivity index (χ3n) is 6.41. The summed E-state index contributed by atoms with van der Waals surface area (Å²) in [6.07, 6.45) is 2.86. The van der Waals surface area contributed by atoms with Crippen molar-refractivity contribution in [2.45, 2.75) is 24.3 Å². The molecular weight excluding hydrogens is 460 g/mol. The Morgan fingerprint density at radius 3 is 2.62 bits per heavy atom. The fourth-order valence-electron chi connectivity index (χ4n) is 4.48. The van der Waals surface area contributed by atoms with E-state index in [1.54, 1.807) is 18.3 Å². The molecule has 2 saturated heterocycles. The molecule has 4 heterocycles. The van der Waals surface area contributed by atoms with Gasteiger partial charge in [0.2, 0.25) is 22.7 Å². The highest BCUT2D eigenvalue weighted by Gasteiger charge is 2.33. The number of aromatic nitrogens is 1. The van der Waals surface area contributed by atoms with Gasteiger partial charge in [-0.15, -0.1) is 0 Å². The number of nitrogens with zero attached hydrogens (tertiary/aromatic N) is 3. The molecule has 11 heteroatoms. The second-order valence-corrected chi connectivity index (χ2v) is 10.4. The number of benzene rings is 1. The zero-order valence-corrected chi connectivity index (χ0v) is 19.6. The fourth-order valence-corrected chi connectivity index (χ4v) is 6.06. The number of hydrogen-bond acceptors (Lipinski definition) is 8. The first-order valence-electron chi connectivity index (χ1n) is 11.5. The molecule has 2 fully saturated rings. The lowest BCUT2D eigenvalue weighted by Crippen LogP contribution is -2.43. The number of piperidine rings is 1. The number of sulfonamides is 1. The van der Waals surface area contributed by atoms with Crippen molar-refractivity contribution in [2.75, 3.05) is 51.1 Å². The number of hydrogen-bond donors (Lipinski definition) is 1. The maximum Gasteiger partial charge on any atom is 0.246 e. The van der Waals surface area contributed by atoms with Gasteiger partial charge in [-0.25, -0.2) is 13.4 Å². The summed E-state index contributed by atoms with van der Waals surface area (Å²) in [5, 5.41) is 3.01. The molecule has 3 aliphatic heterocycles. The van der Waals surface area contributed by atoms with Crippen LogP contribution in [0, 0.1) is 5.92 Å². The van der Waals surface area contributed by atoms with Gasteiger partial charge in [0.25, 0.3) is 0 Å². The molecule has 1 N–H and O–H groups in total. The Kier molecular flexibility index (Phi) is 6.57. The van der Waals surface area contributed by atoms with Crippen molar-refractivity contribution in [3.8, 4) is 11.5 Å². The molecule has 0 bridgehead atoms. The van der Waals surface area contributed by atoms with E-state index in [1.165, 1.54) is 4.31 Å². The largest absolute Gasteiger partial charge is 0.454 e. The summed E-state index contributed by atoms with van der Waals surface area (Å²) in [6, 6.07) is 8.89. The third-order valence-corrected chi connectivity index (χ3v) is 8.33. The summed E-state index contributed by atoms with van der Waals surface area (Å²) in [5.41, 5.74) is 0.946. The normalized spacial score (nSPS) is 19.2. The molecule has 0 atom stereocenters. The molecule has 0 unspecified atom stereocenters. The molecule has 0 aliphatic carbocycles. The zero-order chi connectivity index (χ0) is 23.5. The van der Waals surface area contributed by atoms with Crippen LogP contribution in [-0.4, -0.2) is 69.8 Å². The summed E-state index contributed by atoms with van der Waals surface area (Å²) in [7, 11) is -3.66. The molecule has 0 radical (unpaired) electrons. The van der Waals surface area contributed by atoms with E-state index in [-0.39, 0.29) is 23.5 Å². The SMILES string of the molecule is O=C(NCc1ccc2c(c1)OCO2)C1CCN(c2ncccc2S(=O)(=O)N2CCOCC2)CC1. The second kappa shape index (κ2) is 9.77.